The van der Waals surface area contributed by atoms with E-state index in [0.29, 0.717) is 18.8 Å². The highest BCUT2D eigenvalue weighted by atomic mass is 16.2. The van der Waals surface area contributed by atoms with Crippen molar-refractivity contribution in [2.45, 2.75) is 32.6 Å². The lowest BCUT2D eigenvalue weighted by Crippen LogP contribution is -2.44. The Labute approximate surface area is 120 Å². The standard InChI is InChI=1S/C17H21NO2/c1-12-5-4-8-18(11-12)17(20)14-9-13-6-2-3-7-15(13)16(19)10-14/h2-3,6-7,12,14H,4-5,8-11H2,1H3. The molecule has 0 radical (unpaired) electrons. The maximum Gasteiger partial charge on any atom is 0.226 e. The lowest BCUT2D eigenvalue weighted by atomic mass is 9.82. The van der Waals surface area contributed by atoms with Gasteiger partial charge in [-0.15, -0.1) is 0 Å². The lowest BCUT2D eigenvalue weighted by molar-refractivity contribution is -0.137. The van der Waals surface area contributed by atoms with Gasteiger partial charge in [0.2, 0.25) is 5.91 Å². The Kier molecular flexibility index (Phi) is 3.60. The summed E-state index contributed by atoms with van der Waals surface area (Å²) in [6, 6.07) is 7.69. The van der Waals surface area contributed by atoms with Gasteiger partial charge in [-0.05, 0) is 30.7 Å². The molecule has 3 heteroatoms. The van der Waals surface area contributed by atoms with Crippen molar-refractivity contribution in [1.29, 1.82) is 0 Å². The van der Waals surface area contributed by atoms with Gasteiger partial charge in [-0.2, -0.15) is 0 Å². The van der Waals surface area contributed by atoms with Crippen LogP contribution in [0.3, 0.4) is 0 Å². The van der Waals surface area contributed by atoms with E-state index in [2.05, 4.69) is 6.92 Å². The number of carbonyl (C=O) groups is 2. The van der Waals surface area contributed by atoms with E-state index in [-0.39, 0.29) is 17.6 Å². The monoisotopic (exact) mass is 271 g/mol. The number of fused-ring (bicyclic) bond motifs is 1. The molecule has 0 spiro atoms. The van der Waals surface area contributed by atoms with Crippen LogP contribution in [-0.2, 0) is 11.2 Å². The van der Waals surface area contributed by atoms with Gasteiger partial charge >= 0.3 is 0 Å². The van der Waals surface area contributed by atoms with Gasteiger partial charge < -0.3 is 4.90 Å². The average molecular weight is 271 g/mol. The number of piperidine rings is 1. The van der Waals surface area contributed by atoms with E-state index in [1.165, 1.54) is 6.42 Å². The Balaban J connectivity index is 1.76. The molecule has 3 nitrogen and oxygen atoms in total. The molecule has 2 atom stereocenters. The van der Waals surface area contributed by atoms with E-state index >= 15 is 0 Å². The molecule has 1 aliphatic heterocycles. The molecule has 2 unspecified atom stereocenters. The minimum absolute atomic E-state index is 0.121. The minimum Gasteiger partial charge on any atom is -0.342 e. The smallest absolute Gasteiger partial charge is 0.226 e. The molecule has 20 heavy (non-hydrogen) atoms. The quantitative estimate of drug-likeness (QED) is 0.787. The Morgan fingerprint density at radius 2 is 2.05 bits per heavy atom. The van der Waals surface area contributed by atoms with Crippen LogP contribution in [-0.4, -0.2) is 29.7 Å². The predicted molar refractivity (Wildman–Crippen MR) is 77.6 cm³/mol. The topological polar surface area (TPSA) is 37.4 Å². The van der Waals surface area contributed by atoms with Crippen LogP contribution in [0.15, 0.2) is 24.3 Å². The third-order valence-electron chi connectivity index (χ3n) is 4.53. The van der Waals surface area contributed by atoms with Crippen LogP contribution in [0, 0.1) is 11.8 Å². The van der Waals surface area contributed by atoms with Gasteiger partial charge in [0, 0.05) is 31.0 Å². The number of rotatable bonds is 1. The van der Waals surface area contributed by atoms with Gasteiger partial charge in [0.05, 0.1) is 0 Å². The number of amides is 1. The van der Waals surface area contributed by atoms with Crippen molar-refractivity contribution in [2.75, 3.05) is 13.1 Å². The second-order valence-corrected chi connectivity index (χ2v) is 6.22. The fourth-order valence-corrected chi connectivity index (χ4v) is 3.46. The molecular weight excluding hydrogens is 250 g/mol. The number of carbonyl (C=O) groups excluding carboxylic acids is 2. The molecule has 106 valence electrons. The molecule has 0 aromatic heterocycles. The summed E-state index contributed by atoms with van der Waals surface area (Å²) in [5, 5.41) is 0. The van der Waals surface area contributed by atoms with Gasteiger partial charge in [-0.3, -0.25) is 9.59 Å². The number of likely N-dealkylation sites (tertiary alicyclic amines) is 1. The summed E-state index contributed by atoms with van der Waals surface area (Å²) in [6.45, 7) is 3.90. The summed E-state index contributed by atoms with van der Waals surface area (Å²) in [5.74, 6) is 0.733. The van der Waals surface area contributed by atoms with Crippen molar-refractivity contribution in [2.24, 2.45) is 11.8 Å². The van der Waals surface area contributed by atoms with Gasteiger partial charge in [-0.25, -0.2) is 0 Å². The first-order valence-corrected chi connectivity index (χ1v) is 7.55. The summed E-state index contributed by atoms with van der Waals surface area (Å²) >= 11 is 0. The molecule has 1 aliphatic carbocycles. The van der Waals surface area contributed by atoms with E-state index < -0.39 is 0 Å². The highest BCUT2D eigenvalue weighted by molar-refractivity contribution is 6.01. The lowest BCUT2D eigenvalue weighted by Gasteiger charge is -2.34. The summed E-state index contributed by atoms with van der Waals surface area (Å²) in [7, 11) is 0. The van der Waals surface area contributed by atoms with Crippen LogP contribution in [0.25, 0.3) is 0 Å². The van der Waals surface area contributed by atoms with Gasteiger partial charge in [-0.1, -0.05) is 31.2 Å². The van der Waals surface area contributed by atoms with Crippen molar-refractivity contribution < 1.29 is 9.59 Å². The summed E-state index contributed by atoms with van der Waals surface area (Å²) in [5.41, 5.74) is 1.84. The van der Waals surface area contributed by atoms with Gasteiger partial charge in [0.25, 0.3) is 0 Å². The Morgan fingerprint density at radius 1 is 1.25 bits per heavy atom. The summed E-state index contributed by atoms with van der Waals surface area (Å²) in [4.78, 5) is 26.8. The molecule has 0 saturated carbocycles. The number of ketones is 1. The van der Waals surface area contributed by atoms with Gasteiger partial charge in [0.15, 0.2) is 5.78 Å². The number of nitrogens with zero attached hydrogens (tertiary/aromatic N) is 1. The van der Waals surface area contributed by atoms with Crippen molar-refractivity contribution in [1.82, 2.24) is 4.90 Å². The van der Waals surface area contributed by atoms with Crippen molar-refractivity contribution >= 4 is 11.7 Å². The van der Waals surface area contributed by atoms with Crippen molar-refractivity contribution in [3.63, 3.8) is 0 Å². The fourth-order valence-electron chi connectivity index (χ4n) is 3.46. The second kappa shape index (κ2) is 5.39. The first-order valence-electron chi connectivity index (χ1n) is 7.55. The highest BCUT2D eigenvalue weighted by Gasteiger charge is 2.33. The first kappa shape index (κ1) is 13.3. The van der Waals surface area contributed by atoms with E-state index in [9.17, 15) is 9.59 Å². The van der Waals surface area contributed by atoms with Crippen LogP contribution in [0.2, 0.25) is 0 Å². The van der Waals surface area contributed by atoms with Gasteiger partial charge in [0.1, 0.15) is 0 Å². The third-order valence-corrected chi connectivity index (χ3v) is 4.53. The van der Waals surface area contributed by atoms with E-state index in [1.807, 2.05) is 29.2 Å². The third kappa shape index (κ3) is 2.49. The van der Waals surface area contributed by atoms with E-state index in [0.717, 1.165) is 30.6 Å². The molecule has 2 aliphatic rings. The maximum absolute atomic E-state index is 12.6. The number of hydrogen-bond acceptors (Lipinski definition) is 2. The summed E-state index contributed by atoms with van der Waals surface area (Å²) in [6.07, 6.45) is 3.38. The molecule has 1 saturated heterocycles. The molecule has 1 heterocycles. The Hall–Kier alpha value is -1.64. The molecule has 1 aromatic rings. The Morgan fingerprint density at radius 3 is 2.85 bits per heavy atom. The van der Waals surface area contributed by atoms with Crippen LogP contribution >= 0.6 is 0 Å². The van der Waals surface area contributed by atoms with Crippen LogP contribution in [0.4, 0.5) is 0 Å². The predicted octanol–water partition coefficient (Wildman–Crippen LogP) is 2.69. The molecule has 1 amide bonds. The fraction of sp³-hybridized carbons (Fsp3) is 0.529. The zero-order valence-electron chi connectivity index (χ0n) is 12.0. The maximum atomic E-state index is 12.6. The molecular formula is C17H21NO2. The highest BCUT2D eigenvalue weighted by Crippen LogP contribution is 2.28. The molecule has 1 aromatic carbocycles. The first-order chi connectivity index (χ1) is 9.65. The second-order valence-electron chi connectivity index (χ2n) is 6.22. The van der Waals surface area contributed by atoms with Crippen molar-refractivity contribution in [3.05, 3.63) is 35.4 Å². The number of benzene rings is 1. The molecule has 1 fully saturated rings. The van der Waals surface area contributed by atoms with E-state index in [4.69, 9.17) is 0 Å². The van der Waals surface area contributed by atoms with E-state index in [1.54, 1.807) is 0 Å². The normalized spacial score (nSPS) is 26.2. The Bertz CT molecular complexity index is 538. The summed E-state index contributed by atoms with van der Waals surface area (Å²) < 4.78 is 0. The molecule has 0 bridgehead atoms. The largest absolute Gasteiger partial charge is 0.342 e. The van der Waals surface area contributed by atoms with Crippen LogP contribution in [0.5, 0.6) is 0 Å². The van der Waals surface area contributed by atoms with Crippen LogP contribution < -0.4 is 0 Å². The SMILES string of the molecule is CC1CCCN(C(=O)C2CC(=O)c3ccccc3C2)C1. The van der Waals surface area contributed by atoms with Crippen LogP contribution in [0.1, 0.15) is 42.1 Å². The van der Waals surface area contributed by atoms with Crippen molar-refractivity contribution in [3.8, 4) is 0 Å². The zero-order chi connectivity index (χ0) is 14.1. The number of Topliss-reactive ketones (excluding diaryl/α,β-unsaturated/α-hetero) is 1. The zero-order valence-corrected chi connectivity index (χ0v) is 12.0. The molecule has 3 rings (SSSR count). The average Bonchev–Trinajstić information content (AvgIpc) is 2.46. The number of hydrogen-bond donors (Lipinski definition) is 0. The molecule has 0 N–H and O–H groups in total. The minimum atomic E-state index is -0.150.